The smallest absolute Gasteiger partial charge is 0.257 e. The summed E-state index contributed by atoms with van der Waals surface area (Å²) in [6.45, 7) is 5.99. The fraction of sp³-hybridized carbons (Fsp3) is 0.231. The molecule has 0 unspecified atom stereocenters. The lowest BCUT2D eigenvalue weighted by molar-refractivity contribution is -0.0924. The Morgan fingerprint density at radius 3 is 2.59 bits per heavy atom. The SMILES string of the molecule is CC(N)=CC(N)=Nc1cc(NCC2(C)COC2)nc(Sc2ccc(NC(=O)c3ccccc3Cl)cc2)n1.[HH].[HH].[HH].[HH]. The van der Waals surface area contributed by atoms with Crippen LogP contribution in [0.4, 0.5) is 17.3 Å². The van der Waals surface area contributed by atoms with Gasteiger partial charge in [-0.15, -0.1) is 0 Å². The molecule has 2 heterocycles. The molecule has 1 saturated heterocycles. The number of halogens is 1. The zero-order valence-corrected chi connectivity index (χ0v) is 22.1. The van der Waals surface area contributed by atoms with Crippen LogP contribution in [0, 0.1) is 5.41 Å². The minimum Gasteiger partial charge on any atom is -0.402 e. The van der Waals surface area contributed by atoms with Crippen molar-refractivity contribution in [2.24, 2.45) is 21.9 Å². The first kappa shape index (κ1) is 26.5. The van der Waals surface area contributed by atoms with Crippen molar-refractivity contribution in [2.45, 2.75) is 23.9 Å². The summed E-state index contributed by atoms with van der Waals surface area (Å²) in [5.41, 5.74) is 13.4. The van der Waals surface area contributed by atoms with Crippen LogP contribution in [-0.2, 0) is 4.74 Å². The van der Waals surface area contributed by atoms with Gasteiger partial charge in [0, 0.05) is 40.0 Å². The van der Waals surface area contributed by atoms with Gasteiger partial charge < -0.3 is 26.8 Å². The number of nitrogens with two attached hydrogens (primary N) is 2. The molecule has 2 aromatic carbocycles. The number of nitrogens with one attached hydrogen (secondary N) is 2. The average molecular weight is 546 g/mol. The molecule has 1 fully saturated rings. The van der Waals surface area contributed by atoms with E-state index in [-0.39, 0.29) is 22.9 Å². The number of nitrogens with zero attached hydrogens (tertiary/aromatic N) is 3. The highest BCUT2D eigenvalue weighted by Gasteiger charge is 2.33. The van der Waals surface area contributed by atoms with E-state index in [1.54, 1.807) is 43.3 Å². The summed E-state index contributed by atoms with van der Waals surface area (Å²) in [6.07, 6.45) is 1.57. The second-order valence-corrected chi connectivity index (χ2v) is 10.5. The molecule has 0 saturated carbocycles. The maximum Gasteiger partial charge on any atom is 0.257 e. The van der Waals surface area contributed by atoms with Gasteiger partial charge in [0.15, 0.2) is 11.0 Å². The largest absolute Gasteiger partial charge is 0.402 e. The Morgan fingerprint density at radius 2 is 1.95 bits per heavy atom. The van der Waals surface area contributed by atoms with Gasteiger partial charge in [-0.3, -0.25) is 4.79 Å². The van der Waals surface area contributed by atoms with Gasteiger partial charge in [-0.05, 0) is 61.2 Å². The molecule has 1 aromatic heterocycles. The quantitative estimate of drug-likeness (QED) is 0.150. The first-order chi connectivity index (χ1) is 17.7. The number of aromatic nitrogens is 2. The van der Waals surface area contributed by atoms with Crippen molar-refractivity contribution in [3.8, 4) is 0 Å². The molecule has 3 aromatic rings. The molecule has 1 aliphatic heterocycles. The van der Waals surface area contributed by atoms with Gasteiger partial charge in [0.2, 0.25) is 0 Å². The van der Waals surface area contributed by atoms with Crippen molar-refractivity contribution in [3.05, 3.63) is 77.0 Å². The standard InChI is InChI=1S/C26H28ClN7O2S.4H2/c1-16(28)11-21(29)32-23-12-22(30-13-26(2)14-36-15-26)33-25(34-23)37-18-9-7-17(8-10-18)31-24(35)19-5-3-4-6-20(19)27;;;;/h3-12H,13-15,28H2,1-2H3,(H,31,35)(H3,29,30,32,33,34);4*1H. The highest BCUT2D eigenvalue weighted by atomic mass is 35.5. The van der Waals surface area contributed by atoms with Crippen LogP contribution >= 0.6 is 23.4 Å². The lowest BCUT2D eigenvalue weighted by Gasteiger charge is -2.38. The number of anilines is 2. The zero-order valence-electron chi connectivity index (χ0n) is 20.5. The van der Waals surface area contributed by atoms with E-state index in [0.717, 1.165) is 4.90 Å². The number of rotatable bonds is 9. The zero-order chi connectivity index (χ0) is 26.4. The van der Waals surface area contributed by atoms with E-state index in [1.807, 2.05) is 24.3 Å². The van der Waals surface area contributed by atoms with E-state index < -0.39 is 0 Å². The summed E-state index contributed by atoms with van der Waals surface area (Å²) in [5, 5.41) is 7.11. The number of ether oxygens (including phenoxy) is 1. The third-order valence-electron chi connectivity index (χ3n) is 5.35. The molecule has 0 bridgehead atoms. The molecule has 1 aliphatic rings. The fourth-order valence-corrected chi connectivity index (χ4v) is 4.40. The van der Waals surface area contributed by atoms with Crippen molar-refractivity contribution >= 4 is 52.4 Å². The van der Waals surface area contributed by atoms with Crippen LogP contribution in [0.15, 0.2) is 81.4 Å². The van der Waals surface area contributed by atoms with Crippen LogP contribution in [0.25, 0.3) is 0 Å². The molecular formula is C26H36ClN7O2S. The number of allylic oxidation sites excluding steroid dienone is 1. The van der Waals surface area contributed by atoms with Gasteiger partial charge in [0.1, 0.15) is 11.7 Å². The molecule has 0 aliphatic carbocycles. The maximum atomic E-state index is 12.5. The lowest BCUT2D eigenvalue weighted by Crippen LogP contribution is -2.45. The van der Waals surface area contributed by atoms with Crippen LogP contribution in [-0.4, -0.2) is 41.5 Å². The Hall–Kier alpha value is -3.60. The second-order valence-electron chi connectivity index (χ2n) is 9.04. The molecule has 0 radical (unpaired) electrons. The predicted octanol–water partition coefficient (Wildman–Crippen LogP) is 5.82. The summed E-state index contributed by atoms with van der Waals surface area (Å²) in [6, 6.07) is 16.0. The summed E-state index contributed by atoms with van der Waals surface area (Å²) in [5.74, 6) is 1.02. The minimum atomic E-state index is -0.277. The molecule has 9 nitrogen and oxygen atoms in total. The highest BCUT2D eigenvalue weighted by Crippen LogP contribution is 2.31. The highest BCUT2D eigenvalue weighted by molar-refractivity contribution is 7.99. The Kier molecular flexibility index (Phi) is 8.32. The molecule has 0 atom stereocenters. The molecule has 37 heavy (non-hydrogen) atoms. The number of amidine groups is 1. The van der Waals surface area contributed by atoms with Gasteiger partial charge >= 0.3 is 0 Å². The Labute approximate surface area is 230 Å². The van der Waals surface area contributed by atoms with Gasteiger partial charge in [0.05, 0.1) is 23.8 Å². The van der Waals surface area contributed by atoms with E-state index in [1.165, 1.54) is 11.8 Å². The molecule has 11 heteroatoms. The van der Waals surface area contributed by atoms with Crippen LogP contribution < -0.4 is 22.1 Å². The summed E-state index contributed by atoms with van der Waals surface area (Å²) < 4.78 is 5.34. The van der Waals surface area contributed by atoms with E-state index in [2.05, 4.69) is 32.5 Å². The third kappa shape index (κ3) is 7.45. The average Bonchev–Trinajstić information content (AvgIpc) is 2.82. The van der Waals surface area contributed by atoms with Crippen LogP contribution in [0.5, 0.6) is 0 Å². The molecule has 1 amide bonds. The first-order valence-electron chi connectivity index (χ1n) is 11.5. The summed E-state index contributed by atoms with van der Waals surface area (Å²) in [4.78, 5) is 27.0. The van der Waals surface area contributed by atoms with E-state index in [0.29, 0.717) is 58.5 Å². The molecule has 4 rings (SSSR count). The minimum absolute atomic E-state index is 0. The number of amides is 1. The Morgan fingerprint density at radius 1 is 1.22 bits per heavy atom. The Balaban J connectivity index is 0.00000400. The molecule has 6 N–H and O–H groups in total. The van der Waals surface area contributed by atoms with E-state index in [9.17, 15) is 4.79 Å². The fourth-order valence-electron chi connectivity index (χ4n) is 3.42. The number of hydrogen-bond acceptors (Lipinski definition) is 8. The molecule has 0 spiro atoms. The summed E-state index contributed by atoms with van der Waals surface area (Å²) in [7, 11) is 0. The van der Waals surface area contributed by atoms with Crippen LogP contribution in [0.1, 0.15) is 29.9 Å². The number of carbonyl (C=O) groups excluding carboxylic acids is 1. The van der Waals surface area contributed by atoms with Crippen molar-refractivity contribution in [3.63, 3.8) is 0 Å². The van der Waals surface area contributed by atoms with Gasteiger partial charge in [-0.1, -0.05) is 30.7 Å². The number of aliphatic imine (C=N–C) groups is 1. The summed E-state index contributed by atoms with van der Waals surface area (Å²) >= 11 is 7.49. The van der Waals surface area contributed by atoms with E-state index in [4.69, 9.17) is 27.8 Å². The van der Waals surface area contributed by atoms with Crippen molar-refractivity contribution in [1.82, 2.24) is 9.97 Å². The molecular weight excluding hydrogens is 510 g/mol. The van der Waals surface area contributed by atoms with Crippen molar-refractivity contribution in [2.75, 3.05) is 30.4 Å². The lowest BCUT2D eigenvalue weighted by atomic mass is 9.89. The normalized spacial score (nSPS) is 15.1. The van der Waals surface area contributed by atoms with Crippen LogP contribution in [0.3, 0.4) is 0 Å². The second kappa shape index (κ2) is 11.6. The number of hydrogen-bond donors (Lipinski definition) is 4. The van der Waals surface area contributed by atoms with Crippen LogP contribution in [0.2, 0.25) is 5.02 Å². The number of carbonyl (C=O) groups is 1. The number of benzene rings is 2. The third-order valence-corrected chi connectivity index (χ3v) is 6.55. The predicted molar refractivity (Wildman–Crippen MR) is 157 cm³/mol. The maximum absolute atomic E-state index is 12.5. The van der Waals surface area contributed by atoms with E-state index >= 15 is 0 Å². The van der Waals surface area contributed by atoms with Gasteiger partial charge in [-0.2, -0.15) is 0 Å². The monoisotopic (exact) mass is 545 g/mol. The Bertz CT molecular complexity index is 1360. The van der Waals surface area contributed by atoms with Crippen molar-refractivity contribution in [1.29, 1.82) is 0 Å². The van der Waals surface area contributed by atoms with Gasteiger partial charge in [-0.25, -0.2) is 15.0 Å². The first-order valence-corrected chi connectivity index (χ1v) is 12.7. The molecule has 200 valence electrons. The topological polar surface area (TPSA) is 141 Å². The van der Waals surface area contributed by atoms with Crippen molar-refractivity contribution < 1.29 is 15.2 Å². The van der Waals surface area contributed by atoms with Gasteiger partial charge in [0.25, 0.3) is 5.91 Å².